The molecule has 3 unspecified atom stereocenters. The third kappa shape index (κ3) is 59.9. The van der Waals surface area contributed by atoms with Crippen LogP contribution in [0.3, 0.4) is 0 Å². The third-order valence-electron chi connectivity index (χ3n) is 14.6. The van der Waals surface area contributed by atoms with Gasteiger partial charge >= 0.3 is 5.97 Å². The maximum absolute atomic E-state index is 13.6. The summed E-state index contributed by atoms with van der Waals surface area (Å²) in [5, 5.41) is 3.02. The molecule has 0 rings (SSSR count). The number of unbranched alkanes of at least 4 members (excludes halogenated alkanes) is 34. The number of rotatable bonds is 60. The monoisotopic (exact) mass is 1130 g/mol. The largest absolute Gasteiger partial charge is 0.756 e. The molecule has 0 saturated heterocycles. The Kier molecular flexibility index (Phi) is 56.7. The number of esters is 1. The molecule has 9 nitrogen and oxygen atoms in total. The van der Waals surface area contributed by atoms with E-state index < -0.39 is 26.6 Å². The number of amides is 1. The fourth-order valence-corrected chi connectivity index (χ4v) is 10.2. The normalized spacial score (nSPS) is 14.1. The lowest BCUT2D eigenvalue weighted by Crippen LogP contribution is -2.47. The number of nitrogens with zero attached hydrogens (tertiary/aromatic N) is 1. The van der Waals surface area contributed by atoms with Gasteiger partial charge in [-0.15, -0.1) is 0 Å². The van der Waals surface area contributed by atoms with Crippen LogP contribution in [0.15, 0.2) is 72.9 Å². The maximum atomic E-state index is 13.6. The summed E-state index contributed by atoms with van der Waals surface area (Å²) in [6.45, 7) is 6.81. The standard InChI is InChI=1S/C69H127N2O7P/c1-7-10-13-16-19-22-25-28-30-32-34-35-37-39-41-44-47-50-53-56-59-62-69(73)78-67(60-57-54-51-48-45-42-27-24-21-18-15-12-9-3)66(65-77-79(74,75)76-64-63-71(4,5)6)70-68(72)61-58-55-52-49-46-43-40-38-36-33-31-29-26-23-20-17-14-11-8-2/h20,23,28-31,36,38,43,46,57,60,66-67H,7-19,21-22,24-27,32-35,37,39-42,44-45,47-56,58-59,61-65H2,1-6H3,(H-,70,72,74,75)/b23-20-,30-28+,31-29-,38-36-,46-43-,60-57+. The van der Waals surface area contributed by atoms with Gasteiger partial charge in [-0.05, 0) is 102 Å². The third-order valence-corrected chi connectivity index (χ3v) is 15.6. The van der Waals surface area contributed by atoms with Crippen LogP contribution >= 0.6 is 7.82 Å². The fourth-order valence-electron chi connectivity index (χ4n) is 9.44. The number of hydrogen-bond acceptors (Lipinski definition) is 7. The molecular formula is C69H127N2O7P. The number of nitrogens with one attached hydrogen (secondary N) is 1. The summed E-state index contributed by atoms with van der Waals surface area (Å²) in [7, 11) is 1.16. The Morgan fingerprint density at radius 3 is 1.20 bits per heavy atom. The van der Waals surface area contributed by atoms with Gasteiger partial charge in [0.25, 0.3) is 7.82 Å². The van der Waals surface area contributed by atoms with Crippen molar-refractivity contribution < 1.29 is 37.3 Å². The molecule has 0 radical (unpaired) electrons. The van der Waals surface area contributed by atoms with Gasteiger partial charge in [0.15, 0.2) is 0 Å². The van der Waals surface area contributed by atoms with Gasteiger partial charge in [-0.3, -0.25) is 14.2 Å². The van der Waals surface area contributed by atoms with Gasteiger partial charge in [0.05, 0.1) is 33.8 Å². The first-order valence-electron chi connectivity index (χ1n) is 33.2. The van der Waals surface area contributed by atoms with Crippen molar-refractivity contribution in [3.8, 4) is 0 Å². The van der Waals surface area contributed by atoms with E-state index in [1.165, 1.54) is 186 Å². The second-order valence-electron chi connectivity index (χ2n) is 23.6. The molecule has 79 heavy (non-hydrogen) atoms. The molecule has 0 fully saturated rings. The van der Waals surface area contributed by atoms with Gasteiger partial charge in [0.1, 0.15) is 19.3 Å². The van der Waals surface area contributed by atoms with Gasteiger partial charge < -0.3 is 28.5 Å². The molecule has 0 bridgehead atoms. The molecule has 10 heteroatoms. The molecule has 0 heterocycles. The Balaban J connectivity index is 5.26. The van der Waals surface area contributed by atoms with E-state index in [1.807, 2.05) is 33.3 Å². The lowest BCUT2D eigenvalue weighted by atomic mass is 10.0. The average Bonchev–Trinajstić information content (AvgIpc) is 3.41. The van der Waals surface area contributed by atoms with Crippen LogP contribution < -0.4 is 10.2 Å². The SMILES string of the molecule is CCCCC/C=C\C/C=C\C/C=C\C/C=C\CCCCCC(=O)NC(COP(=O)([O-])OCC[N+](C)(C)C)C(/C=C/CCCCCCCCCCCCC)OC(=O)CCCCCCCCCCCCC/C=C/CCCCCCCC. The molecule has 0 aromatic heterocycles. The summed E-state index contributed by atoms with van der Waals surface area (Å²) in [6, 6.07) is -0.908. The second-order valence-corrected chi connectivity index (χ2v) is 25.0. The quantitative estimate of drug-likeness (QED) is 0.0212. The van der Waals surface area contributed by atoms with Crippen molar-refractivity contribution in [2.24, 2.45) is 0 Å². The van der Waals surface area contributed by atoms with Crippen LogP contribution in [0.5, 0.6) is 0 Å². The number of quaternary nitrogens is 1. The van der Waals surface area contributed by atoms with Crippen LogP contribution in [-0.4, -0.2) is 69.4 Å². The van der Waals surface area contributed by atoms with E-state index in [9.17, 15) is 19.0 Å². The molecule has 0 saturated carbocycles. The predicted molar refractivity (Wildman–Crippen MR) is 339 cm³/mol. The van der Waals surface area contributed by atoms with Crippen LogP contribution in [0.2, 0.25) is 0 Å². The highest BCUT2D eigenvalue weighted by Gasteiger charge is 2.27. The van der Waals surface area contributed by atoms with E-state index in [1.54, 1.807) is 0 Å². The molecule has 0 aliphatic heterocycles. The van der Waals surface area contributed by atoms with Crippen LogP contribution in [-0.2, 0) is 27.9 Å². The van der Waals surface area contributed by atoms with Crippen molar-refractivity contribution >= 4 is 19.7 Å². The Morgan fingerprint density at radius 2 is 0.772 bits per heavy atom. The average molecular weight is 1130 g/mol. The minimum absolute atomic E-state index is 0.0304. The molecular weight excluding hydrogens is 1000 g/mol. The molecule has 0 aliphatic rings. The van der Waals surface area contributed by atoms with Crippen molar-refractivity contribution in [3.63, 3.8) is 0 Å². The maximum Gasteiger partial charge on any atom is 0.306 e. The summed E-state index contributed by atoms with van der Waals surface area (Å²) in [4.78, 5) is 40.1. The summed E-state index contributed by atoms with van der Waals surface area (Å²) >= 11 is 0. The number of ether oxygens (including phenoxy) is 1. The van der Waals surface area contributed by atoms with Crippen LogP contribution in [0.4, 0.5) is 0 Å². The van der Waals surface area contributed by atoms with Crippen molar-refractivity contribution in [3.05, 3.63) is 72.9 Å². The first-order chi connectivity index (χ1) is 38.4. The van der Waals surface area contributed by atoms with E-state index in [4.69, 9.17) is 13.8 Å². The molecule has 0 aromatic rings. The molecule has 1 amide bonds. The minimum atomic E-state index is -4.71. The zero-order valence-electron chi connectivity index (χ0n) is 52.6. The number of allylic oxidation sites excluding steroid dienone is 11. The lowest BCUT2D eigenvalue weighted by molar-refractivity contribution is -0.870. The highest BCUT2D eigenvalue weighted by molar-refractivity contribution is 7.45. The van der Waals surface area contributed by atoms with Crippen molar-refractivity contribution in [1.29, 1.82) is 0 Å². The molecule has 0 aliphatic carbocycles. The summed E-state index contributed by atoms with van der Waals surface area (Å²) in [5.41, 5.74) is 0. The highest BCUT2D eigenvalue weighted by atomic mass is 31.2. The number of phosphoric acid groups is 1. The van der Waals surface area contributed by atoms with Gasteiger partial charge in [0.2, 0.25) is 5.91 Å². The summed E-state index contributed by atoms with van der Waals surface area (Å²) < 4.78 is 30.4. The molecule has 0 aromatic carbocycles. The van der Waals surface area contributed by atoms with E-state index in [-0.39, 0.29) is 31.3 Å². The van der Waals surface area contributed by atoms with Gasteiger partial charge in [-0.1, -0.05) is 261 Å². The van der Waals surface area contributed by atoms with Crippen LogP contribution in [0.1, 0.15) is 303 Å². The topological polar surface area (TPSA) is 114 Å². The van der Waals surface area contributed by atoms with E-state index in [0.717, 1.165) is 77.0 Å². The van der Waals surface area contributed by atoms with E-state index in [2.05, 4.69) is 86.8 Å². The smallest absolute Gasteiger partial charge is 0.306 e. The zero-order chi connectivity index (χ0) is 57.9. The Morgan fingerprint density at radius 1 is 0.443 bits per heavy atom. The first kappa shape index (κ1) is 76.5. The molecule has 3 atom stereocenters. The minimum Gasteiger partial charge on any atom is -0.756 e. The van der Waals surface area contributed by atoms with E-state index in [0.29, 0.717) is 17.4 Å². The predicted octanol–water partition coefficient (Wildman–Crippen LogP) is 20.2. The lowest BCUT2D eigenvalue weighted by Gasteiger charge is -2.30. The van der Waals surface area contributed by atoms with E-state index >= 15 is 0 Å². The first-order valence-corrected chi connectivity index (χ1v) is 34.7. The second kappa shape index (κ2) is 58.6. The number of hydrogen-bond donors (Lipinski definition) is 1. The number of phosphoric ester groups is 1. The van der Waals surface area contributed by atoms with Gasteiger partial charge in [-0.25, -0.2) is 0 Å². The molecule has 0 spiro atoms. The van der Waals surface area contributed by atoms with Crippen LogP contribution in [0, 0.1) is 0 Å². The summed E-state index contributed by atoms with van der Waals surface area (Å²) in [6.07, 6.45) is 75.8. The van der Waals surface area contributed by atoms with Crippen molar-refractivity contribution in [2.45, 2.75) is 315 Å². The Bertz CT molecular complexity index is 1580. The number of likely N-dealkylation sites (N-methyl/N-ethyl adjacent to an activating group) is 1. The highest BCUT2D eigenvalue weighted by Crippen LogP contribution is 2.38. The van der Waals surface area contributed by atoms with Gasteiger partial charge in [0, 0.05) is 12.8 Å². The number of carbonyl (C=O) groups is 2. The van der Waals surface area contributed by atoms with Crippen molar-refractivity contribution in [2.75, 3.05) is 40.9 Å². The fraction of sp³-hybridized carbons (Fsp3) is 0.797. The summed E-state index contributed by atoms with van der Waals surface area (Å²) in [5.74, 6) is -0.571. The van der Waals surface area contributed by atoms with Crippen molar-refractivity contribution in [1.82, 2.24) is 5.32 Å². The Labute approximate surface area is 489 Å². The molecule has 460 valence electrons. The number of carbonyl (C=O) groups excluding carboxylic acids is 2. The molecule has 1 N–H and O–H groups in total. The van der Waals surface area contributed by atoms with Gasteiger partial charge in [-0.2, -0.15) is 0 Å². The zero-order valence-corrected chi connectivity index (χ0v) is 53.5. The van der Waals surface area contributed by atoms with Crippen LogP contribution in [0.25, 0.3) is 0 Å². The Hall–Kier alpha value is -2.55.